The number of hydrogen-bond donors (Lipinski definition) is 2. The van der Waals surface area contributed by atoms with Crippen LogP contribution >= 0.6 is 11.8 Å². The molecule has 458 valence electrons. The molecule has 4 aliphatic carbocycles. The van der Waals surface area contributed by atoms with Crippen LogP contribution in [-0.2, 0) is 24.1 Å². The maximum absolute atomic E-state index is 11.2. The number of thioether (sulfide) groups is 1. The Kier molecular flexibility index (Phi) is 21.0. The van der Waals surface area contributed by atoms with Gasteiger partial charge in [-0.15, -0.1) is 0 Å². The standard InChI is InChI=1S/2C10H19N.2C9H17N.C7H13NOS.C7H13NS.C6H11NO2S.C6H11NO/c2*1-11-8-6-10(7-9-11)4-2-3-5-10;1-10-7-3-6-9(8-10)4-2-5-9;1-10-7-9(8-10)5-3-2-4-6-9;1-8-3-7(4-8)5-10(2,9)6-7;1-6-2-9-5-7(6)3-8-4-7;1-7-4-6(5-7)2-3-10(6,8)9;1-5-2-8-6(5)3-7-4-6/h2*2-9H2,1H3;2*2-8H2,1H3;2-6H2,1H3;6,8H,2-5H2,1H3;2-5H2,1H3;5,7H,2-4H2,1H3/t;;;;;6-;;5-/m.....1.1/s1. The van der Waals surface area contributed by atoms with E-state index < -0.39 is 19.4 Å². The van der Waals surface area contributed by atoms with Crippen molar-refractivity contribution < 1.29 is 17.4 Å². The number of nitrogens with zero attached hydrogens (tertiary/aromatic N) is 6. The lowest BCUT2D eigenvalue weighted by Gasteiger charge is -2.55. The predicted octanol–water partition coefficient (Wildman–Crippen LogP) is 8.40. The first-order chi connectivity index (χ1) is 37.5. The maximum Gasteiger partial charge on any atom is 0.158 e. The predicted molar refractivity (Wildman–Crippen MR) is 337 cm³/mol. The monoisotopic (exact) mass is 1160 g/mol. The number of rotatable bonds is 0. The van der Waals surface area contributed by atoms with Crippen molar-refractivity contribution in [3.63, 3.8) is 0 Å². The average molecular weight is 1160 g/mol. The summed E-state index contributed by atoms with van der Waals surface area (Å²) in [6.07, 6.45) is 33.9. The highest BCUT2D eigenvalue weighted by Gasteiger charge is 2.58. The molecule has 2 N–H and O–H groups in total. The van der Waals surface area contributed by atoms with Crippen LogP contribution in [0.5, 0.6) is 0 Å². The summed E-state index contributed by atoms with van der Waals surface area (Å²) < 4.78 is 38.6. The molecule has 0 bridgehead atoms. The zero-order valence-corrected chi connectivity index (χ0v) is 54.7. The van der Waals surface area contributed by atoms with Gasteiger partial charge in [-0.25, -0.2) is 8.42 Å². The summed E-state index contributed by atoms with van der Waals surface area (Å²) in [4.78, 5) is 14.2. The summed E-state index contributed by atoms with van der Waals surface area (Å²) in [5.74, 6) is 10.4. The fourth-order valence-corrected chi connectivity index (χ4v) is 24.0. The second-order valence-electron chi connectivity index (χ2n) is 31.1. The van der Waals surface area contributed by atoms with Gasteiger partial charge in [-0.3, -0.25) is 4.21 Å². The first kappa shape index (κ1) is 63.5. The van der Waals surface area contributed by atoms with E-state index in [9.17, 15) is 12.6 Å². The molecule has 0 aromatic heterocycles. The summed E-state index contributed by atoms with van der Waals surface area (Å²) in [5, 5.41) is 6.57. The van der Waals surface area contributed by atoms with Gasteiger partial charge in [0.1, 0.15) is 0 Å². The number of ether oxygens (including phenoxy) is 1. The lowest BCUT2D eigenvalue weighted by molar-refractivity contribution is -0.220. The van der Waals surface area contributed by atoms with Gasteiger partial charge in [-0.2, -0.15) is 11.8 Å². The summed E-state index contributed by atoms with van der Waals surface area (Å²) in [7, 11) is 8.81. The molecule has 0 unspecified atom stereocenters. The molecule has 4 saturated carbocycles. The van der Waals surface area contributed by atoms with Crippen LogP contribution in [-0.4, -0.2) is 241 Å². The molecule has 16 fully saturated rings. The van der Waals surface area contributed by atoms with Gasteiger partial charge in [0, 0.05) is 106 Å². The molecule has 16 rings (SSSR count). The van der Waals surface area contributed by atoms with E-state index in [0.717, 1.165) is 103 Å². The molecular formula is C64H120N8O4S3. The highest BCUT2D eigenvalue weighted by Crippen LogP contribution is 2.49. The molecule has 79 heavy (non-hydrogen) atoms. The van der Waals surface area contributed by atoms with E-state index in [4.69, 9.17) is 4.74 Å². The van der Waals surface area contributed by atoms with Crippen molar-refractivity contribution in [2.75, 3.05) is 182 Å². The quantitative estimate of drug-likeness (QED) is 0.227. The molecular weight excluding hydrogens is 1040 g/mol. The first-order valence-electron chi connectivity index (χ1n) is 32.8. The van der Waals surface area contributed by atoms with Gasteiger partial charge in [0.05, 0.1) is 22.7 Å². The normalized spacial score (nSPS) is 34.3. The van der Waals surface area contributed by atoms with Gasteiger partial charge < -0.3 is 44.8 Å². The minimum Gasteiger partial charge on any atom is -0.372 e. The SMILES string of the molecule is C=S1(=O)CC2(CN(C)C2)C1.CN1CC2(CCCCC2)C1.CN1CC2(CCS2(=O)=O)C1.CN1CCC2(CCCC2)CC1.CN1CCC2(CCCC2)CC1.CN1CCCC2(CCC2)C1.C[C@@H]1COC12CNC2.C[C@@H]1CSCC12CNC2. The molecule has 0 aromatic rings. The number of hydrogen-bond acceptors (Lipinski definition) is 13. The molecule has 12 saturated heterocycles. The largest absolute Gasteiger partial charge is 0.372 e. The Bertz CT molecular complexity index is 2060. The third-order valence-corrected chi connectivity index (χ3v) is 30.2. The van der Waals surface area contributed by atoms with Crippen LogP contribution in [0, 0.1) is 44.3 Å². The van der Waals surface area contributed by atoms with E-state index >= 15 is 0 Å². The Labute approximate surface area is 490 Å². The fourth-order valence-electron chi connectivity index (χ4n) is 17.9. The molecule has 16 aliphatic rings. The van der Waals surface area contributed by atoms with Gasteiger partial charge in [-0.1, -0.05) is 65.2 Å². The van der Waals surface area contributed by atoms with E-state index in [0.29, 0.717) is 16.8 Å². The Balaban J connectivity index is 0.000000110. The third-order valence-electron chi connectivity index (χ3n) is 23.9. The van der Waals surface area contributed by atoms with Crippen LogP contribution < -0.4 is 10.6 Å². The second-order valence-corrected chi connectivity index (χ2v) is 37.1. The molecule has 8 spiro atoms. The summed E-state index contributed by atoms with van der Waals surface area (Å²) >= 11 is 2.12. The molecule has 0 amide bonds. The van der Waals surface area contributed by atoms with Gasteiger partial charge >= 0.3 is 0 Å². The molecule has 0 radical (unpaired) electrons. The van der Waals surface area contributed by atoms with Crippen LogP contribution in [0.3, 0.4) is 0 Å². The van der Waals surface area contributed by atoms with Crippen molar-refractivity contribution in [3.05, 3.63) is 0 Å². The van der Waals surface area contributed by atoms with E-state index in [1.165, 1.54) is 218 Å². The van der Waals surface area contributed by atoms with Gasteiger partial charge in [0.2, 0.25) is 0 Å². The first-order valence-corrected chi connectivity index (χ1v) is 37.6. The van der Waals surface area contributed by atoms with Crippen molar-refractivity contribution in [1.82, 2.24) is 40.0 Å². The van der Waals surface area contributed by atoms with E-state index in [1.54, 1.807) is 0 Å². The highest BCUT2D eigenvalue weighted by atomic mass is 32.2. The van der Waals surface area contributed by atoms with Crippen molar-refractivity contribution in [1.29, 1.82) is 0 Å². The zero-order valence-electron chi connectivity index (χ0n) is 52.2. The highest BCUT2D eigenvalue weighted by molar-refractivity contribution is 8.01. The Morgan fingerprint density at radius 3 is 1.16 bits per heavy atom. The fraction of sp³-hybridized carbons (Fsp3) is 0.984. The average Bonchev–Trinajstić information content (AvgIpc) is 4.28. The van der Waals surface area contributed by atoms with Gasteiger partial charge in [0.15, 0.2) is 9.84 Å². The molecule has 12 heterocycles. The van der Waals surface area contributed by atoms with Crippen molar-refractivity contribution in [2.45, 2.75) is 172 Å². The minimum absolute atomic E-state index is 0.290. The van der Waals surface area contributed by atoms with Crippen LogP contribution in [0.25, 0.3) is 0 Å². The molecule has 12 aliphatic heterocycles. The molecule has 2 atom stereocenters. The van der Waals surface area contributed by atoms with Gasteiger partial charge in [-0.05, 0) is 220 Å². The van der Waals surface area contributed by atoms with Crippen LogP contribution in [0.2, 0.25) is 0 Å². The number of likely N-dealkylation sites (tertiary alicyclic amines) is 6. The van der Waals surface area contributed by atoms with Crippen LogP contribution in [0.1, 0.15) is 162 Å². The lowest BCUT2D eigenvalue weighted by atomic mass is 9.64. The summed E-state index contributed by atoms with van der Waals surface area (Å²) in [5.41, 5.74) is 4.68. The van der Waals surface area contributed by atoms with Crippen LogP contribution in [0.4, 0.5) is 0 Å². The molecule has 0 aromatic carbocycles. The topological polar surface area (TPSA) is 104 Å². The van der Waals surface area contributed by atoms with Gasteiger partial charge in [0.25, 0.3) is 0 Å². The number of piperidine rings is 3. The summed E-state index contributed by atoms with van der Waals surface area (Å²) in [6.45, 7) is 25.0. The zero-order chi connectivity index (χ0) is 56.3. The smallest absolute Gasteiger partial charge is 0.158 e. The number of sulfone groups is 1. The van der Waals surface area contributed by atoms with E-state index in [2.05, 4.69) is 107 Å². The molecule has 15 heteroatoms. The molecule has 12 nitrogen and oxygen atoms in total. The summed E-state index contributed by atoms with van der Waals surface area (Å²) in [6, 6.07) is 0. The van der Waals surface area contributed by atoms with Crippen molar-refractivity contribution in [2.24, 2.45) is 44.3 Å². The lowest BCUT2D eigenvalue weighted by Crippen LogP contribution is -2.71. The Morgan fingerprint density at radius 1 is 0.456 bits per heavy atom. The number of nitrogens with one attached hydrogen (secondary N) is 2. The van der Waals surface area contributed by atoms with Crippen molar-refractivity contribution >= 4 is 37.0 Å². The van der Waals surface area contributed by atoms with E-state index in [1.807, 2.05) is 7.05 Å². The minimum atomic E-state index is -2.66. The third kappa shape index (κ3) is 15.4. The van der Waals surface area contributed by atoms with Crippen LogP contribution in [0.15, 0.2) is 0 Å². The maximum atomic E-state index is 11.2. The van der Waals surface area contributed by atoms with E-state index in [-0.39, 0.29) is 4.75 Å². The second kappa shape index (κ2) is 26.1. The Morgan fingerprint density at radius 2 is 0.899 bits per heavy atom. The van der Waals surface area contributed by atoms with Crippen molar-refractivity contribution in [3.8, 4) is 0 Å². The Hall–Kier alpha value is -0.0400.